The Morgan fingerprint density at radius 1 is 1.05 bits per heavy atom. The number of alkyl halides is 1. The first-order chi connectivity index (χ1) is 10.0. The fourth-order valence-corrected chi connectivity index (χ4v) is 2.64. The van der Waals surface area contributed by atoms with E-state index in [1.165, 1.54) is 28.8 Å². The van der Waals surface area contributed by atoms with E-state index >= 15 is 0 Å². The molecule has 0 amide bonds. The highest BCUT2D eigenvalue weighted by atomic mass is 35.5. The van der Waals surface area contributed by atoms with Crippen LogP contribution in [0.25, 0.3) is 16.7 Å². The van der Waals surface area contributed by atoms with Gasteiger partial charge in [0.2, 0.25) is 0 Å². The predicted molar refractivity (Wildman–Crippen MR) is 80.6 cm³/mol. The zero-order valence-corrected chi connectivity index (χ0v) is 12.6. The Bertz CT molecular complexity index is 846. The number of benzene rings is 2. The molecular weight excluding hydrogens is 341 g/mol. The molecule has 7 heteroatoms. The Hall–Kier alpha value is -1.36. The highest BCUT2D eigenvalue weighted by Gasteiger charge is 2.17. The Morgan fingerprint density at radius 2 is 1.81 bits per heavy atom. The van der Waals surface area contributed by atoms with E-state index in [4.69, 9.17) is 34.8 Å². The molecule has 0 spiro atoms. The molecular formula is C14H7Cl3F2N2. The fourth-order valence-electron chi connectivity index (χ4n) is 2.14. The summed E-state index contributed by atoms with van der Waals surface area (Å²) < 4.78 is 29.2. The Balaban J connectivity index is 2.37. The quantitative estimate of drug-likeness (QED) is 0.571. The third-order valence-corrected chi connectivity index (χ3v) is 3.80. The summed E-state index contributed by atoms with van der Waals surface area (Å²) in [5.74, 6) is -0.703. The minimum Gasteiger partial charge on any atom is -0.292 e. The second-order valence-electron chi connectivity index (χ2n) is 4.35. The maximum atomic E-state index is 14.2. The highest BCUT2D eigenvalue weighted by molar-refractivity contribution is 6.31. The van der Waals surface area contributed by atoms with Gasteiger partial charge in [0.1, 0.15) is 17.5 Å². The van der Waals surface area contributed by atoms with Gasteiger partial charge in [-0.25, -0.2) is 13.8 Å². The third-order valence-electron chi connectivity index (χ3n) is 3.04. The smallest absolute Gasteiger partial charge is 0.148 e. The van der Waals surface area contributed by atoms with Gasteiger partial charge in [-0.05, 0) is 24.3 Å². The van der Waals surface area contributed by atoms with Crippen LogP contribution in [-0.2, 0) is 5.88 Å². The van der Waals surface area contributed by atoms with Gasteiger partial charge < -0.3 is 0 Å². The number of imidazole rings is 1. The first kappa shape index (κ1) is 14.6. The molecule has 0 aliphatic carbocycles. The van der Waals surface area contributed by atoms with E-state index < -0.39 is 11.6 Å². The first-order valence-corrected chi connectivity index (χ1v) is 7.18. The van der Waals surface area contributed by atoms with Crippen molar-refractivity contribution in [2.24, 2.45) is 0 Å². The maximum absolute atomic E-state index is 14.2. The number of nitrogens with zero attached hydrogens (tertiary/aromatic N) is 2. The molecule has 3 aromatic rings. The van der Waals surface area contributed by atoms with Crippen molar-refractivity contribution >= 4 is 45.8 Å². The van der Waals surface area contributed by atoms with Crippen LogP contribution in [-0.4, -0.2) is 9.55 Å². The lowest BCUT2D eigenvalue weighted by atomic mass is 10.2. The van der Waals surface area contributed by atoms with Crippen molar-refractivity contribution in [2.75, 3.05) is 0 Å². The lowest BCUT2D eigenvalue weighted by Crippen LogP contribution is -2.02. The van der Waals surface area contributed by atoms with Gasteiger partial charge in [0.05, 0.1) is 27.6 Å². The van der Waals surface area contributed by atoms with Gasteiger partial charge in [0, 0.05) is 11.1 Å². The summed E-state index contributed by atoms with van der Waals surface area (Å²) in [5, 5.41) is 0.205. The van der Waals surface area contributed by atoms with Gasteiger partial charge in [-0.1, -0.05) is 23.2 Å². The van der Waals surface area contributed by atoms with E-state index in [0.29, 0.717) is 16.9 Å². The number of hydrogen-bond acceptors (Lipinski definition) is 1. The van der Waals surface area contributed by atoms with Crippen LogP contribution in [0.1, 0.15) is 5.82 Å². The Kier molecular flexibility index (Phi) is 3.78. The molecule has 0 N–H and O–H groups in total. The lowest BCUT2D eigenvalue weighted by Gasteiger charge is -2.09. The molecule has 2 nitrogen and oxygen atoms in total. The van der Waals surface area contributed by atoms with Gasteiger partial charge in [-0.2, -0.15) is 0 Å². The van der Waals surface area contributed by atoms with Crippen molar-refractivity contribution in [3.8, 4) is 5.69 Å². The molecule has 0 saturated heterocycles. The molecule has 0 saturated carbocycles. The van der Waals surface area contributed by atoms with E-state index in [0.717, 1.165) is 0 Å². The summed E-state index contributed by atoms with van der Waals surface area (Å²) >= 11 is 17.4. The molecule has 21 heavy (non-hydrogen) atoms. The van der Waals surface area contributed by atoms with Crippen LogP contribution < -0.4 is 0 Å². The van der Waals surface area contributed by atoms with E-state index in [-0.39, 0.29) is 21.6 Å². The largest absolute Gasteiger partial charge is 0.292 e. The molecule has 1 heterocycles. The molecule has 0 aliphatic heterocycles. The highest BCUT2D eigenvalue weighted by Crippen LogP contribution is 2.29. The van der Waals surface area contributed by atoms with Gasteiger partial charge in [0.25, 0.3) is 0 Å². The predicted octanol–water partition coefficient (Wildman–Crippen LogP) is 5.35. The standard InChI is InChI=1S/C14H7Cl3F2N2/c15-6-14-20-11-5-9(18)8(17)4-13(11)21(14)12-2-1-7(16)3-10(12)19/h1-5H,6H2. The van der Waals surface area contributed by atoms with Gasteiger partial charge in [0.15, 0.2) is 0 Å². The second-order valence-corrected chi connectivity index (χ2v) is 5.46. The monoisotopic (exact) mass is 346 g/mol. The van der Waals surface area contributed by atoms with Crippen molar-refractivity contribution in [1.29, 1.82) is 0 Å². The van der Waals surface area contributed by atoms with Crippen molar-refractivity contribution in [1.82, 2.24) is 9.55 Å². The third kappa shape index (κ3) is 2.48. The molecule has 0 atom stereocenters. The topological polar surface area (TPSA) is 17.8 Å². The van der Waals surface area contributed by atoms with Crippen LogP contribution >= 0.6 is 34.8 Å². The van der Waals surface area contributed by atoms with Gasteiger partial charge in [-0.15, -0.1) is 11.6 Å². The van der Waals surface area contributed by atoms with E-state index in [2.05, 4.69) is 4.98 Å². The number of halogens is 5. The zero-order valence-electron chi connectivity index (χ0n) is 10.4. The van der Waals surface area contributed by atoms with Crippen LogP contribution in [0.2, 0.25) is 10.0 Å². The number of fused-ring (bicyclic) bond motifs is 1. The number of aromatic nitrogens is 2. The zero-order chi connectivity index (χ0) is 15.1. The summed E-state index contributed by atoms with van der Waals surface area (Å²) in [6, 6.07) is 6.83. The van der Waals surface area contributed by atoms with Crippen LogP contribution in [0.15, 0.2) is 30.3 Å². The second kappa shape index (κ2) is 5.44. The summed E-state index contributed by atoms with van der Waals surface area (Å²) in [6.45, 7) is 0. The van der Waals surface area contributed by atoms with Crippen molar-refractivity contribution in [3.63, 3.8) is 0 Å². The van der Waals surface area contributed by atoms with Gasteiger partial charge >= 0.3 is 0 Å². The lowest BCUT2D eigenvalue weighted by molar-refractivity contribution is 0.618. The molecule has 3 rings (SSSR count). The first-order valence-electron chi connectivity index (χ1n) is 5.89. The molecule has 0 fully saturated rings. The molecule has 108 valence electrons. The number of rotatable bonds is 2. The summed E-state index contributed by atoms with van der Waals surface area (Å²) in [7, 11) is 0. The number of hydrogen-bond donors (Lipinski definition) is 0. The van der Waals surface area contributed by atoms with Crippen LogP contribution in [0.3, 0.4) is 0 Å². The molecule has 0 radical (unpaired) electrons. The summed E-state index contributed by atoms with van der Waals surface area (Å²) in [4.78, 5) is 4.21. The molecule has 0 bridgehead atoms. The fraction of sp³-hybridized carbons (Fsp3) is 0.0714. The molecule has 0 unspecified atom stereocenters. The van der Waals surface area contributed by atoms with E-state index in [1.54, 1.807) is 6.07 Å². The van der Waals surface area contributed by atoms with Crippen molar-refractivity contribution < 1.29 is 8.78 Å². The van der Waals surface area contributed by atoms with Gasteiger partial charge in [-0.3, -0.25) is 4.57 Å². The average molecular weight is 348 g/mol. The normalized spacial score (nSPS) is 11.3. The summed E-state index contributed by atoms with van der Waals surface area (Å²) in [5.41, 5.74) is 1.04. The minimum atomic E-state index is -0.591. The van der Waals surface area contributed by atoms with Crippen LogP contribution in [0, 0.1) is 11.6 Å². The van der Waals surface area contributed by atoms with Crippen molar-refractivity contribution in [2.45, 2.75) is 5.88 Å². The van der Waals surface area contributed by atoms with Crippen molar-refractivity contribution in [3.05, 3.63) is 57.8 Å². The minimum absolute atomic E-state index is 0.0377. The Labute approximate surface area is 133 Å². The SMILES string of the molecule is Fc1cc2nc(CCl)n(-c3ccc(Cl)cc3F)c2cc1Cl. The summed E-state index contributed by atoms with van der Waals surface area (Å²) in [6.07, 6.45) is 0. The maximum Gasteiger partial charge on any atom is 0.148 e. The van der Waals surface area contributed by atoms with E-state index in [9.17, 15) is 8.78 Å². The molecule has 1 aromatic heterocycles. The molecule has 2 aromatic carbocycles. The van der Waals surface area contributed by atoms with E-state index in [1.807, 2.05) is 0 Å². The van der Waals surface area contributed by atoms with Crippen LogP contribution in [0.5, 0.6) is 0 Å². The van der Waals surface area contributed by atoms with Crippen LogP contribution in [0.4, 0.5) is 8.78 Å². The molecule has 0 aliphatic rings. The Morgan fingerprint density at radius 3 is 2.48 bits per heavy atom. The average Bonchev–Trinajstić information content (AvgIpc) is 2.77.